The summed E-state index contributed by atoms with van der Waals surface area (Å²) >= 11 is 0. The van der Waals surface area contributed by atoms with Gasteiger partial charge in [0.25, 0.3) is 0 Å². The van der Waals surface area contributed by atoms with Gasteiger partial charge in [0.05, 0.1) is 13.2 Å². The molecule has 1 atom stereocenters. The Balaban J connectivity index is 3.62. The van der Waals surface area contributed by atoms with E-state index >= 15 is 0 Å². The number of ether oxygens (including phenoxy) is 3. The Hall–Kier alpha value is -1.30. The summed E-state index contributed by atoms with van der Waals surface area (Å²) in [6.45, 7) is 4.59. The first kappa shape index (κ1) is 18.7. The molecule has 0 aliphatic carbocycles. The Labute approximate surface area is 121 Å². The van der Waals surface area contributed by atoms with Gasteiger partial charge in [0, 0.05) is 7.11 Å². The van der Waals surface area contributed by atoms with E-state index in [1.54, 1.807) is 6.92 Å². The Morgan fingerprint density at radius 3 is 2.35 bits per heavy atom. The first-order chi connectivity index (χ1) is 9.61. The highest BCUT2D eigenvalue weighted by Gasteiger charge is 2.17. The normalized spacial score (nSPS) is 11.8. The highest BCUT2D eigenvalue weighted by molar-refractivity contribution is 5.80. The molecule has 6 nitrogen and oxygen atoms in total. The predicted molar refractivity (Wildman–Crippen MR) is 75.5 cm³/mol. The number of hydrogen-bond acceptors (Lipinski definition) is 5. The van der Waals surface area contributed by atoms with Gasteiger partial charge in [0.1, 0.15) is 12.6 Å². The highest BCUT2D eigenvalue weighted by Crippen LogP contribution is 2.02. The lowest BCUT2D eigenvalue weighted by Gasteiger charge is -2.13. The number of esters is 1. The summed E-state index contributed by atoms with van der Waals surface area (Å²) in [4.78, 5) is 22.9. The van der Waals surface area contributed by atoms with E-state index in [2.05, 4.69) is 12.2 Å². The van der Waals surface area contributed by atoms with Gasteiger partial charge in [0.15, 0.2) is 0 Å². The molecule has 20 heavy (non-hydrogen) atoms. The summed E-state index contributed by atoms with van der Waals surface area (Å²) in [5.41, 5.74) is 0. The zero-order valence-corrected chi connectivity index (χ0v) is 12.8. The molecular formula is C14H27NO5. The minimum absolute atomic E-state index is 0.154. The van der Waals surface area contributed by atoms with Gasteiger partial charge in [0.2, 0.25) is 0 Å². The van der Waals surface area contributed by atoms with Crippen LogP contribution >= 0.6 is 0 Å². The fourth-order valence-corrected chi connectivity index (χ4v) is 1.50. The summed E-state index contributed by atoms with van der Waals surface area (Å²) in [5, 5.41) is 2.41. The summed E-state index contributed by atoms with van der Waals surface area (Å²) < 4.78 is 14.6. The van der Waals surface area contributed by atoms with Crippen LogP contribution in [0.3, 0.4) is 0 Å². The van der Waals surface area contributed by atoms with Crippen molar-refractivity contribution >= 4 is 12.1 Å². The minimum atomic E-state index is -0.708. The van der Waals surface area contributed by atoms with Crippen LogP contribution < -0.4 is 5.32 Å². The lowest BCUT2D eigenvalue weighted by Crippen LogP contribution is -2.40. The van der Waals surface area contributed by atoms with Gasteiger partial charge < -0.3 is 19.5 Å². The first-order valence-corrected chi connectivity index (χ1v) is 7.20. The number of carbonyl (C=O) groups excluding carboxylic acids is 2. The Kier molecular flexibility index (Phi) is 11.9. The van der Waals surface area contributed by atoms with Gasteiger partial charge in [-0.1, -0.05) is 32.6 Å². The van der Waals surface area contributed by atoms with Crippen LogP contribution in [-0.4, -0.2) is 45.0 Å². The molecule has 0 aromatic heterocycles. The molecular weight excluding hydrogens is 262 g/mol. The second kappa shape index (κ2) is 12.7. The van der Waals surface area contributed by atoms with Crippen molar-refractivity contribution in [2.45, 2.75) is 52.0 Å². The third kappa shape index (κ3) is 10.6. The molecule has 1 unspecified atom stereocenters. The van der Waals surface area contributed by atoms with Crippen LogP contribution in [0.2, 0.25) is 0 Å². The number of carbonyl (C=O) groups is 2. The van der Waals surface area contributed by atoms with E-state index < -0.39 is 18.1 Å². The molecule has 0 heterocycles. The van der Waals surface area contributed by atoms with E-state index in [-0.39, 0.29) is 6.61 Å². The van der Waals surface area contributed by atoms with Crippen molar-refractivity contribution in [2.24, 2.45) is 0 Å². The van der Waals surface area contributed by atoms with Crippen molar-refractivity contribution < 1.29 is 23.8 Å². The minimum Gasteiger partial charge on any atom is -0.464 e. The standard InChI is InChI=1S/C14H27NO5/c1-4-5-6-7-8-9-19-13(16)12(2)15-14(17)20-11-10-18-3/h12H,4-11H2,1-3H3,(H,15,17). The number of alkyl carbamates (subject to hydrolysis) is 1. The maximum Gasteiger partial charge on any atom is 0.407 e. The molecule has 0 bridgehead atoms. The molecule has 0 saturated carbocycles. The molecule has 1 N–H and O–H groups in total. The van der Waals surface area contributed by atoms with Crippen molar-refractivity contribution in [3.05, 3.63) is 0 Å². The SMILES string of the molecule is CCCCCCCOC(=O)C(C)NC(=O)OCCOC. The number of methoxy groups -OCH3 is 1. The molecule has 0 aromatic carbocycles. The summed E-state index contributed by atoms with van der Waals surface area (Å²) in [6, 6.07) is -0.708. The number of hydrogen-bond donors (Lipinski definition) is 1. The quantitative estimate of drug-likeness (QED) is 0.466. The van der Waals surface area contributed by atoms with Crippen molar-refractivity contribution in [2.75, 3.05) is 26.9 Å². The molecule has 1 amide bonds. The third-order valence-electron chi connectivity index (χ3n) is 2.70. The van der Waals surface area contributed by atoms with Crippen molar-refractivity contribution in [1.82, 2.24) is 5.32 Å². The number of unbranched alkanes of at least 4 members (excludes halogenated alkanes) is 4. The maximum atomic E-state index is 11.6. The van der Waals surface area contributed by atoms with E-state index in [1.807, 2.05) is 0 Å². The van der Waals surface area contributed by atoms with Crippen LogP contribution in [-0.2, 0) is 19.0 Å². The zero-order valence-electron chi connectivity index (χ0n) is 12.8. The average Bonchev–Trinajstić information content (AvgIpc) is 2.42. The second-order valence-corrected chi connectivity index (χ2v) is 4.58. The molecule has 0 saturated heterocycles. The maximum absolute atomic E-state index is 11.6. The first-order valence-electron chi connectivity index (χ1n) is 7.20. The molecule has 0 aliphatic heterocycles. The van der Waals surface area contributed by atoms with Crippen LogP contribution in [0.4, 0.5) is 4.79 Å². The Morgan fingerprint density at radius 1 is 1.00 bits per heavy atom. The monoisotopic (exact) mass is 289 g/mol. The van der Waals surface area contributed by atoms with Crippen LogP contribution in [0.25, 0.3) is 0 Å². The number of rotatable bonds is 11. The van der Waals surface area contributed by atoms with E-state index in [0.717, 1.165) is 19.3 Å². The van der Waals surface area contributed by atoms with Gasteiger partial charge in [-0.05, 0) is 13.3 Å². The largest absolute Gasteiger partial charge is 0.464 e. The third-order valence-corrected chi connectivity index (χ3v) is 2.70. The Bertz CT molecular complexity index is 270. The smallest absolute Gasteiger partial charge is 0.407 e. The molecule has 0 fully saturated rings. The summed E-state index contributed by atoms with van der Waals surface area (Å²) in [7, 11) is 1.52. The molecule has 0 spiro atoms. The topological polar surface area (TPSA) is 73.9 Å². The van der Waals surface area contributed by atoms with Crippen molar-refractivity contribution in [3.8, 4) is 0 Å². The van der Waals surface area contributed by atoms with Gasteiger partial charge in [-0.3, -0.25) is 0 Å². The van der Waals surface area contributed by atoms with Crippen molar-refractivity contribution in [1.29, 1.82) is 0 Å². The van der Waals surface area contributed by atoms with E-state index in [9.17, 15) is 9.59 Å². The molecule has 0 rings (SSSR count). The van der Waals surface area contributed by atoms with E-state index in [1.165, 1.54) is 20.0 Å². The Morgan fingerprint density at radius 2 is 1.70 bits per heavy atom. The molecule has 118 valence electrons. The predicted octanol–water partition coefficient (Wildman–Crippen LogP) is 2.26. The lowest BCUT2D eigenvalue weighted by molar-refractivity contribution is -0.145. The summed E-state index contributed by atoms with van der Waals surface area (Å²) in [6.07, 6.45) is 4.83. The van der Waals surface area contributed by atoms with Crippen LogP contribution in [0, 0.1) is 0 Å². The molecule has 0 aromatic rings. The van der Waals surface area contributed by atoms with Crippen LogP contribution in [0.1, 0.15) is 46.0 Å². The van der Waals surface area contributed by atoms with Gasteiger partial charge in [-0.25, -0.2) is 9.59 Å². The van der Waals surface area contributed by atoms with Gasteiger partial charge >= 0.3 is 12.1 Å². The molecule has 0 aliphatic rings. The lowest BCUT2D eigenvalue weighted by atomic mass is 10.2. The van der Waals surface area contributed by atoms with Crippen molar-refractivity contribution in [3.63, 3.8) is 0 Å². The van der Waals surface area contributed by atoms with Gasteiger partial charge in [-0.2, -0.15) is 0 Å². The number of amides is 1. The average molecular weight is 289 g/mol. The summed E-state index contributed by atoms with van der Waals surface area (Å²) in [5.74, 6) is -0.441. The van der Waals surface area contributed by atoms with Crippen LogP contribution in [0.15, 0.2) is 0 Å². The highest BCUT2D eigenvalue weighted by atomic mass is 16.6. The molecule has 0 radical (unpaired) electrons. The van der Waals surface area contributed by atoms with Gasteiger partial charge in [-0.15, -0.1) is 0 Å². The fourth-order valence-electron chi connectivity index (χ4n) is 1.50. The zero-order chi connectivity index (χ0) is 15.2. The number of nitrogens with one attached hydrogen (secondary N) is 1. The fraction of sp³-hybridized carbons (Fsp3) is 0.857. The molecule has 6 heteroatoms. The second-order valence-electron chi connectivity index (χ2n) is 4.58. The van der Waals surface area contributed by atoms with E-state index in [4.69, 9.17) is 14.2 Å². The van der Waals surface area contributed by atoms with E-state index in [0.29, 0.717) is 13.2 Å². The van der Waals surface area contributed by atoms with Crippen LogP contribution in [0.5, 0.6) is 0 Å².